The number of hydrogen-bond donors (Lipinski definition) is 0. The van der Waals surface area contributed by atoms with Crippen molar-refractivity contribution in [1.29, 1.82) is 0 Å². The SMILES string of the molecule is CCN(C(=O)CC(C)c1ccccc1)C(C)c1cccc(OC)c1. The fraction of sp³-hybridized carbons (Fsp3) is 0.381. The molecule has 128 valence electrons. The van der Waals surface area contributed by atoms with E-state index in [1.54, 1.807) is 7.11 Å². The highest BCUT2D eigenvalue weighted by atomic mass is 16.5. The molecule has 0 saturated carbocycles. The molecule has 2 rings (SSSR count). The zero-order valence-electron chi connectivity index (χ0n) is 15.0. The molecule has 3 nitrogen and oxygen atoms in total. The minimum Gasteiger partial charge on any atom is -0.497 e. The first-order valence-electron chi connectivity index (χ1n) is 8.55. The second-order valence-electron chi connectivity index (χ2n) is 6.15. The Morgan fingerprint density at radius 2 is 1.71 bits per heavy atom. The third-order valence-electron chi connectivity index (χ3n) is 4.55. The van der Waals surface area contributed by atoms with E-state index in [2.05, 4.69) is 26.0 Å². The molecular weight excluding hydrogens is 298 g/mol. The molecule has 24 heavy (non-hydrogen) atoms. The van der Waals surface area contributed by atoms with E-state index in [1.807, 2.05) is 54.3 Å². The van der Waals surface area contributed by atoms with Crippen molar-refractivity contribution < 1.29 is 9.53 Å². The Morgan fingerprint density at radius 1 is 1.04 bits per heavy atom. The summed E-state index contributed by atoms with van der Waals surface area (Å²) in [5.41, 5.74) is 2.30. The maximum Gasteiger partial charge on any atom is 0.223 e. The number of amides is 1. The van der Waals surface area contributed by atoms with Crippen molar-refractivity contribution >= 4 is 5.91 Å². The van der Waals surface area contributed by atoms with Crippen molar-refractivity contribution in [1.82, 2.24) is 4.90 Å². The van der Waals surface area contributed by atoms with Crippen molar-refractivity contribution in [2.24, 2.45) is 0 Å². The summed E-state index contributed by atoms with van der Waals surface area (Å²) in [6.07, 6.45) is 0.520. The first-order valence-corrected chi connectivity index (χ1v) is 8.55. The first kappa shape index (κ1) is 18.1. The van der Waals surface area contributed by atoms with Crippen LogP contribution in [0.5, 0.6) is 5.75 Å². The normalized spacial score (nSPS) is 13.2. The van der Waals surface area contributed by atoms with Crippen LogP contribution < -0.4 is 4.74 Å². The highest BCUT2D eigenvalue weighted by molar-refractivity contribution is 5.77. The number of benzene rings is 2. The monoisotopic (exact) mass is 325 g/mol. The molecule has 3 heteroatoms. The fourth-order valence-corrected chi connectivity index (χ4v) is 3.03. The Morgan fingerprint density at radius 3 is 2.33 bits per heavy atom. The van der Waals surface area contributed by atoms with E-state index in [9.17, 15) is 4.79 Å². The van der Waals surface area contributed by atoms with Crippen molar-refractivity contribution in [3.63, 3.8) is 0 Å². The summed E-state index contributed by atoms with van der Waals surface area (Å²) in [6.45, 7) is 6.90. The van der Waals surface area contributed by atoms with Gasteiger partial charge in [0.15, 0.2) is 0 Å². The lowest BCUT2D eigenvalue weighted by Crippen LogP contribution is -2.34. The molecule has 0 aromatic heterocycles. The Kier molecular flexibility index (Phi) is 6.42. The molecule has 2 aromatic rings. The molecule has 1 amide bonds. The molecule has 0 bridgehead atoms. The van der Waals surface area contributed by atoms with Crippen LogP contribution in [0.3, 0.4) is 0 Å². The van der Waals surface area contributed by atoms with Crippen molar-refractivity contribution in [2.75, 3.05) is 13.7 Å². The number of rotatable bonds is 7. The predicted octanol–water partition coefficient (Wildman–Crippen LogP) is 4.80. The smallest absolute Gasteiger partial charge is 0.223 e. The van der Waals surface area contributed by atoms with Crippen LogP contribution in [0.2, 0.25) is 0 Å². The van der Waals surface area contributed by atoms with E-state index in [4.69, 9.17) is 4.74 Å². The zero-order chi connectivity index (χ0) is 17.5. The maximum atomic E-state index is 12.8. The number of carbonyl (C=O) groups is 1. The zero-order valence-corrected chi connectivity index (χ0v) is 15.0. The average molecular weight is 325 g/mol. The first-order chi connectivity index (χ1) is 11.6. The van der Waals surface area contributed by atoms with Gasteiger partial charge in [-0.15, -0.1) is 0 Å². The summed E-state index contributed by atoms with van der Waals surface area (Å²) < 4.78 is 5.30. The van der Waals surface area contributed by atoms with Crippen molar-refractivity contribution in [3.05, 3.63) is 65.7 Å². The van der Waals surface area contributed by atoms with E-state index < -0.39 is 0 Å². The highest BCUT2D eigenvalue weighted by Crippen LogP contribution is 2.26. The lowest BCUT2D eigenvalue weighted by Gasteiger charge is -2.30. The van der Waals surface area contributed by atoms with Gasteiger partial charge in [0.05, 0.1) is 13.2 Å². The second kappa shape index (κ2) is 8.53. The topological polar surface area (TPSA) is 29.5 Å². The molecule has 0 saturated heterocycles. The molecule has 0 spiro atoms. The summed E-state index contributed by atoms with van der Waals surface area (Å²) in [7, 11) is 1.66. The standard InChI is InChI=1S/C21H27NO2/c1-5-22(17(3)19-12-9-13-20(15-19)24-4)21(23)14-16(2)18-10-7-6-8-11-18/h6-13,15-17H,5,14H2,1-4H3. The molecule has 2 atom stereocenters. The predicted molar refractivity (Wildman–Crippen MR) is 98.3 cm³/mol. The van der Waals surface area contributed by atoms with Gasteiger partial charge in [0.1, 0.15) is 5.75 Å². The average Bonchev–Trinajstić information content (AvgIpc) is 2.63. The molecular formula is C21H27NO2. The Balaban J connectivity index is 2.10. The van der Waals surface area contributed by atoms with Crippen molar-refractivity contribution in [3.8, 4) is 5.75 Å². The highest BCUT2D eigenvalue weighted by Gasteiger charge is 2.22. The molecule has 2 aromatic carbocycles. The van der Waals surface area contributed by atoms with Gasteiger partial charge in [-0.1, -0.05) is 49.4 Å². The quantitative estimate of drug-likeness (QED) is 0.732. The van der Waals surface area contributed by atoms with E-state index >= 15 is 0 Å². The van der Waals surface area contributed by atoms with Crippen LogP contribution in [-0.4, -0.2) is 24.5 Å². The van der Waals surface area contributed by atoms with Crippen LogP contribution in [-0.2, 0) is 4.79 Å². The molecule has 0 fully saturated rings. The van der Waals surface area contributed by atoms with Crippen molar-refractivity contribution in [2.45, 2.75) is 39.2 Å². The van der Waals surface area contributed by atoms with Crippen LogP contribution in [0.1, 0.15) is 50.3 Å². The molecule has 0 heterocycles. The van der Waals surface area contributed by atoms with E-state index in [0.717, 1.165) is 11.3 Å². The van der Waals surface area contributed by atoms with E-state index in [0.29, 0.717) is 13.0 Å². The number of ether oxygens (including phenoxy) is 1. The van der Waals surface area contributed by atoms with Gasteiger partial charge in [-0.25, -0.2) is 0 Å². The van der Waals surface area contributed by atoms with Gasteiger partial charge in [0.2, 0.25) is 5.91 Å². The van der Waals surface area contributed by atoms with Crippen LogP contribution in [0.25, 0.3) is 0 Å². The third kappa shape index (κ3) is 4.38. The molecule has 0 N–H and O–H groups in total. The summed E-state index contributed by atoms with van der Waals surface area (Å²) in [4.78, 5) is 14.8. The van der Waals surface area contributed by atoms with Gasteiger partial charge in [-0.3, -0.25) is 4.79 Å². The molecule has 0 aliphatic carbocycles. The van der Waals surface area contributed by atoms with Gasteiger partial charge in [-0.05, 0) is 43.0 Å². The van der Waals surface area contributed by atoms with E-state index in [1.165, 1.54) is 5.56 Å². The maximum absolute atomic E-state index is 12.8. The second-order valence-corrected chi connectivity index (χ2v) is 6.15. The summed E-state index contributed by atoms with van der Waals surface area (Å²) in [5.74, 6) is 1.22. The lowest BCUT2D eigenvalue weighted by atomic mass is 9.96. The largest absolute Gasteiger partial charge is 0.497 e. The summed E-state index contributed by atoms with van der Waals surface area (Å²) in [5, 5.41) is 0. The minimum absolute atomic E-state index is 0.0283. The van der Waals surface area contributed by atoms with Gasteiger partial charge >= 0.3 is 0 Å². The van der Waals surface area contributed by atoms with Gasteiger partial charge < -0.3 is 9.64 Å². The Bertz CT molecular complexity index is 654. The van der Waals surface area contributed by atoms with Crippen LogP contribution in [0.15, 0.2) is 54.6 Å². The number of hydrogen-bond acceptors (Lipinski definition) is 2. The Labute approximate surface area is 145 Å². The van der Waals surface area contributed by atoms with Crippen LogP contribution in [0, 0.1) is 0 Å². The fourth-order valence-electron chi connectivity index (χ4n) is 3.03. The summed E-state index contributed by atoms with van der Waals surface area (Å²) in [6, 6.07) is 18.2. The Hall–Kier alpha value is -2.29. The van der Waals surface area contributed by atoms with Gasteiger partial charge in [0, 0.05) is 13.0 Å². The molecule has 2 unspecified atom stereocenters. The lowest BCUT2D eigenvalue weighted by molar-refractivity contribution is -0.133. The molecule has 0 aliphatic rings. The molecule has 0 radical (unpaired) electrons. The molecule has 0 aliphatic heterocycles. The summed E-state index contributed by atoms with van der Waals surface area (Å²) >= 11 is 0. The number of methoxy groups -OCH3 is 1. The third-order valence-corrected chi connectivity index (χ3v) is 4.55. The number of nitrogens with zero attached hydrogens (tertiary/aromatic N) is 1. The minimum atomic E-state index is 0.0283. The van der Waals surface area contributed by atoms with Crippen LogP contribution in [0.4, 0.5) is 0 Å². The van der Waals surface area contributed by atoms with Crippen LogP contribution >= 0.6 is 0 Å². The van der Waals surface area contributed by atoms with Gasteiger partial charge in [-0.2, -0.15) is 0 Å². The number of carbonyl (C=O) groups excluding carboxylic acids is 1. The van der Waals surface area contributed by atoms with E-state index in [-0.39, 0.29) is 17.9 Å². The van der Waals surface area contributed by atoms with Gasteiger partial charge in [0.25, 0.3) is 0 Å².